The van der Waals surface area contributed by atoms with Gasteiger partial charge in [0.15, 0.2) is 0 Å². The third kappa shape index (κ3) is 3.00. The molecular formula is C15H14N4OS. The van der Waals surface area contributed by atoms with Crippen molar-refractivity contribution in [1.82, 2.24) is 20.5 Å². The van der Waals surface area contributed by atoms with E-state index in [1.165, 1.54) is 0 Å². The van der Waals surface area contributed by atoms with Crippen molar-refractivity contribution in [3.05, 3.63) is 58.5 Å². The van der Waals surface area contributed by atoms with E-state index < -0.39 is 0 Å². The van der Waals surface area contributed by atoms with Crippen molar-refractivity contribution in [2.24, 2.45) is 0 Å². The molecular weight excluding hydrogens is 284 g/mol. The van der Waals surface area contributed by atoms with Gasteiger partial charge in [-0.3, -0.25) is 14.9 Å². The van der Waals surface area contributed by atoms with Crippen LogP contribution in [-0.4, -0.2) is 21.1 Å². The van der Waals surface area contributed by atoms with E-state index in [0.717, 1.165) is 11.3 Å². The standard InChI is InChI=1S/C15H14N4OS/c1-10(11-5-7-21-9-11)17-15(20)14-8-13(18-19-14)12-4-2-3-6-16-12/h2-10H,1H3,(H,17,20)(H,18,19)/t10-/m1/s1. The molecule has 5 nitrogen and oxygen atoms in total. The SMILES string of the molecule is C[C@@H](NC(=O)c1cc(-c2ccccn2)n[nH]1)c1ccsc1. The second-order valence-corrected chi connectivity index (χ2v) is 5.41. The topological polar surface area (TPSA) is 70.7 Å². The summed E-state index contributed by atoms with van der Waals surface area (Å²) in [5.41, 5.74) is 2.91. The van der Waals surface area contributed by atoms with E-state index in [-0.39, 0.29) is 11.9 Å². The van der Waals surface area contributed by atoms with E-state index in [0.29, 0.717) is 11.4 Å². The molecule has 0 radical (unpaired) electrons. The number of rotatable bonds is 4. The van der Waals surface area contributed by atoms with Gasteiger partial charge in [-0.1, -0.05) is 6.07 Å². The average Bonchev–Trinajstić information content (AvgIpc) is 3.20. The largest absolute Gasteiger partial charge is 0.344 e. The first-order valence-corrected chi connectivity index (χ1v) is 7.48. The predicted octanol–water partition coefficient (Wildman–Crippen LogP) is 3.02. The number of nitrogens with zero attached hydrogens (tertiary/aromatic N) is 2. The Morgan fingerprint density at radius 3 is 2.95 bits per heavy atom. The molecule has 0 unspecified atom stereocenters. The summed E-state index contributed by atoms with van der Waals surface area (Å²) in [6.07, 6.45) is 1.70. The number of nitrogens with one attached hydrogen (secondary N) is 2. The molecule has 0 spiro atoms. The van der Waals surface area contributed by atoms with E-state index in [4.69, 9.17) is 0 Å². The van der Waals surface area contributed by atoms with Crippen LogP contribution in [0.1, 0.15) is 29.0 Å². The lowest BCUT2D eigenvalue weighted by molar-refractivity contribution is 0.0935. The highest BCUT2D eigenvalue weighted by atomic mass is 32.1. The molecule has 3 aromatic rings. The van der Waals surface area contributed by atoms with Gasteiger partial charge < -0.3 is 5.32 Å². The van der Waals surface area contributed by atoms with Gasteiger partial charge in [0.05, 0.1) is 11.7 Å². The van der Waals surface area contributed by atoms with Crippen LogP contribution in [0.3, 0.4) is 0 Å². The summed E-state index contributed by atoms with van der Waals surface area (Å²) in [4.78, 5) is 16.4. The van der Waals surface area contributed by atoms with Crippen molar-refractivity contribution in [2.45, 2.75) is 13.0 Å². The number of aromatic amines is 1. The Hall–Kier alpha value is -2.47. The maximum Gasteiger partial charge on any atom is 0.269 e. The smallest absolute Gasteiger partial charge is 0.269 e. The molecule has 1 atom stereocenters. The number of H-pyrrole nitrogens is 1. The normalized spacial score (nSPS) is 12.0. The Morgan fingerprint density at radius 1 is 1.33 bits per heavy atom. The summed E-state index contributed by atoms with van der Waals surface area (Å²) in [7, 11) is 0. The average molecular weight is 298 g/mol. The van der Waals surface area contributed by atoms with Crippen molar-refractivity contribution in [3.8, 4) is 11.4 Å². The molecule has 3 rings (SSSR count). The molecule has 106 valence electrons. The lowest BCUT2D eigenvalue weighted by Crippen LogP contribution is -2.26. The van der Waals surface area contributed by atoms with E-state index >= 15 is 0 Å². The third-order valence-electron chi connectivity index (χ3n) is 3.14. The quantitative estimate of drug-likeness (QED) is 0.777. The van der Waals surface area contributed by atoms with Gasteiger partial charge in [-0.2, -0.15) is 16.4 Å². The molecule has 0 saturated heterocycles. The van der Waals surface area contributed by atoms with Crippen LogP contribution in [0.4, 0.5) is 0 Å². The highest BCUT2D eigenvalue weighted by Crippen LogP contribution is 2.17. The minimum atomic E-state index is -0.177. The number of carbonyl (C=O) groups excluding carboxylic acids is 1. The van der Waals surface area contributed by atoms with Crippen molar-refractivity contribution >= 4 is 17.2 Å². The van der Waals surface area contributed by atoms with Crippen LogP contribution in [-0.2, 0) is 0 Å². The predicted molar refractivity (Wildman–Crippen MR) is 82.0 cm³/mol. The van der Waals surface area contributed by atoms with Crippen LogP contribution < -0.4 is 5.32 Å². The van der Waals surface area contributed by atoms with Crippen LogP contribution in [0.25, 0.3) is 11.4 Å². The number of thiophene rings is 1. The van der Waals surface area contributed by atoms with Crippen LogP contribution in [0.2, 0.25) is 0 Å². The van der Waals surface area contributed by atoms with Gasteiger partial charge in [-0.05, 0) is 47.5 Å². The number of hydrogen-bond donors (Lipinski definition) is 2. The van der Waals surface area contributed by atoms with Gasteiger partial charge in [0.1, 0.15) is 11.4 Å². The molecule has 0 saturated carbocycles. The second kappa shape index (κ2) is 5.88. The van der Waals surface area contributed by atoms with E-state index in [2.05, 4.69) is 20.5 Å². The first-order chi connectivity index (χ1) is 10.2. The number of amides is 1. The lowest BCUT2D eigenvalue weighted by Gasteiger charge is -2.11. The zero-order chi connectivity index (χ0) is 14.7. The fourth-order valence-electron chi connectivity index (χ4n) is 1.96. The van der Waals surface area contributed by atoms with Gasteiger partial charge >= 0.3 is 0 Å². The van der Waals surface area contributed by atoms with Gasteiger partial charge in [0, 0.05) is 6.20 Å². The van der Waals surface area contributed by atoms with Crippen molar-refractivity contribution < 1.29 is 4.79 Å². The Balaban J connectivity index is 1.73. The fraction of sp³-hybridized carbons (Fsp3) is 0.133. The van der Waals surface area contributed by atoms with Crippen molar-refractivity contribution in [1.29, 1.82) is 0 Å². The highest BCUT2D eigenvalue weighted by molar-refractivity contribution is 7.07. The van der Waals surface area contributed by atoms with Gasteiger partial charge in [0.25, 0.3) is 5.91 Å². The summed E-state index contributed by atoms with van der Waals surface area (Å²) in [5.74, 6) is -0.177. The summed E-state index contributed by atoms with van der Waals surface area (Å²) < 4.78 is 0. The number of pyridine rings is 1. The van der Waals surface area contributed by atoms with Crippen LogP contribution >= 0.6 is 11.3 Å². The summed E-state index contributed by atoms with van der Waals surface area (Å²) in [6, 6.07) is 9.25. The number of hydrogen-bond acceptors (Lipinski definition) is 4. The zero-order valence-electron chi connectivity index (χ0n) is 11.4. The zero-order valence-corrected chi connectivity index (χ0v) is 12.2. The Bertz CT molecular complexity index is 721. The maximum atomic E-state index is 12.2. The molecule has 6 heteroatoms. The van der Waals surface area contributed by atoms with Crippen LogP contribution in [0.5, 0.6) is 0 Å². The Kier molecular flexibility index (Phi) is 3.79. The molecule has 3 aromatic heterocycles. The Labute approximate surface area is 126 Å². The fourth-order valence-corrected chi connectivity index (χ4v) is 2.72. The second-order valence-electron chi connectivity index (χ2n) is 4.63. The van der Waals surface area contributed by atoms with E-state index in [9.17, 15) is 4.79 Å². The minimum Gasteiger partial charge on any atom is -0.344 e. The molecule has 0 aliphatic rings. The lowest BCUT2D eigenvalue weighted by atomic mass is 10.2. The molecule has 21 heavy (non-hydrogen) atoms. The highest BCUT2D eigenvalue weighted by Gasteiger charge is 2.15. The van der Waals surface area contributed by atoms with Crippen molar-refractivity contribution in [3.63, 3.8) is 0 Å². The summed E-state index contributed by atoms with van der Waals surface area (Å²) >= 11 is 1.61. The van der Waals surface area contributed by atoms with Gasteiger partial charge in [0.2, 0.25) is 0 Å². The van der Waals surface area contributed by atoms with E-state index in [1.807, 2.05) is 41.9 Å². The number of carbonyl (C=O) groups is 1. The first-order valence-electron chi connectivity index (χ1n) is 6.54. The molecule has 0 aromatic carbocycles. The minimum absolute atomic E-state index is 0.0367. The van der Waals surface area contributed by atoms with Crippen molar-refractivity contribution in [2.75, 3.05) is 0 Å². The number of aromatic nitrogens is 3. The van der Waals surface area contributed by atoms with Crippen LogP contribution in [0.15, 0.2) is 47.3 Å². The Morgan fingerprint density at radius 2 is 2.24 bits per heavy atom. The van der Waals surface area contributed by atoms with Gasteiger partial charge in [-0.25, -0.2) is 0 Å². The molecule has 2 N–H and O–H groups in total. The maximum absolute atomic E-state index is 12.2. The summed E-state index contributed by atoms with van der Waals surface area (Å²) in [5, 5.41) is 13.8. The molecule has 1 amide bonds. The van der Waals surface area contributed by atoms with Gasteiger partial charge in [-0.15, -0.1) is 0 Å². The molecule has 0 fully saturated rings. The van der Waals surface area contributed by atoms with E-state index in [1.54, 1.807) is 23.6 Å². The monoisotopic (exact) mass is 298 g/mol. The molecule has 0 bridgehead atoms. The molecule has 0 aliphatic heterocycles. The van der Waals surface area contributed by atoms with Crippen LogP contribution in [0, 0.1) is 0 Å². The first kappa shape index (κ1) is 13.5. The summed E-state index contributed by atoms with van der Waals surface area (Å²) in [6.45, 7) is 1.95. The molecule has 0 aliphatic carbocycles. The third-order valence-corrected chi connectivity index (χ3v) is 3.84. The molecule has 3 heterocycles.